The molecule has 1 heterocycles. The molecule has 0 bridgehead atoms. The lowest BCUT2D eigenvalue weighted by atomic mass is 9.76. The van der Waals surface area contributed by atoms with Crippen molar-refractivity contribution in [2.24, 2.45) is 5.92 Å². The van der Waals surface area contributed by atoms with Crippen molar-refractivity contribution in [3.8, 4) is 5.75 Å². The molecule has 2 unspecified atom stereocenters. The van der Waals surface area contributed by atoms with Crippen LogP contribution in [0.1, 0.15) is 65.4 Å². The Kier molecular flexibility index (Phi) is 7.90. The van der Waals surface area contributed by atoms with Gasteiger partial charge in [0.1, 0.15) is 16.7 Å². The summed E-state index contributed by atoms with van der Waals surface area (Å²) in [5.74, 6) is -1.90. The van der Waals surface area contributed by atoms with Crippen molar-refractivity contribution < 1.29 is 28.6 Å². The van der Waals surface area contributed by atoms with E-state index in [1.807, 2.05) is 24.3 Å². The molecule has 8 heteroatoms. The van der Waals surface area contributed by atoms with E-state index in [1.165, 1.54) is 11.0 Å². The summed E-state index contributed by atoms with van der Waals surface area (Å²) in [6.07, 6.45) is 5.80. The average Bonchev–Trinajstić information content (AvgIpc) is 3.21. The van der Waals surface area contributed by atoms with E-state index >= 15 is 0 Å². The summed E-state index contributed by atoms with van der Waals surface area (Å²) in [4.78, 5) is 40.1. The van der Waals surface area contributed by atoms with Gasteiger partial charge in [-0.3, -0.25) is 9.59 Å². The van der Waals surface area contributed by atoms with Crippen LogP contribution in [-0.2, 0) is 31.9 Å². The Bertz CT molecular complexity index is 1150. The minimum atomic E-state index is -0.936. The molecule has 2 aromatic rings. The maximum absolute atomic E-state index is 13.2. The van der Waals surface area contributed by atoms with Crippen LogP contribution in [-0.4, -0.2) is 38.0 Å². The second kappa shape index (κ2) is 11.1. The molecule has 35 heavy (non-hydrogen) atoms. The number of rotatable bonds is 8. The number of anilines is 1. The van der Waals surface area contributed by atoms with Crippen molar-refractivity contribution in [2.45, 2.75) is 51.9 Å². The summed E-state index contributed by atoms with van der Waals surface area (Å²) < 4.78 is 16.0. The fraction of sp³-hybridized carbons (Fsp3) is 0.444. The molecule has 0 saturated carbocycles. The molecular weight excluding hydrogens is 466 g/mol. The molecule has 0 fully saturated rings. The summed E-state index contributed by atoms with van der Waals surface area (Å²) in [5.41, 5.74) is 3.11. The molecule has 4 rings (SSSR count). The molecule has 0 radical (unpaired) electrons. The largest absolute Gasteiger partial charge is 0.497 e. The molecule has 1 aromatic carbocycles. The highest BCUT2D eigenvalue weighted by molar-refractivity contribution is 7.16. The summed E-state index contributed by atoms with van der Waals surface area (Å²) in [6.45, 7) is 4.01. The Morgan fingerprint density at radius 1 is 1.11 bits per heavy atom. The first-order valence-corrected chi connectivity index (χ1v) is 12.9. The number of hydrogen-bond donors (Lipinski definition) is 1. The number of benzene rings is 1. The highest BCUT2D eigenvalue weighted by Gasteiger charge is 2.40. The Balaban J connectivity index is 1.70. The number of fused-ring (bicyclic) bond motifs is 1. The van der Waals surface area contributed by atoms with Gasteiger partial charge in [0.25, 0.3) is 0 Å². The van der Waals surface area contributed by atoms with Crippen LogP contribution >= 0.6 is 11.3 Å². The number of carbonyl (C=O) groups excluding carboxylic acids is 3. The molecule has 0 spiro atoms. The minimum Gasteiger partial charge on any atom is -0.497 e. The van der Waals surface area contributed by atoms with Gasteiger partial charge in [-0.1, -0.05) is 12.1 Å². The van der Waals surface area contributed by atoms with Crippen molar-refractivity contribution in [1.82, 2.24) is 0 Å². The predicted octanol–water partition coefficient (Wildman–Crippen LogP) is 5.04. The Morgan fingerprint density at radius 2 is 1.89 bits per heavy atom. The molecule has 7 nitrogen and oxygen atoms in total. The number of ketones is 1. The number of thiophene rings is 1. The fourth-order valence-electron chi connectivity index (χ4n) is 4.87. The number of methoxy groups -OCH3 is 1. The Morgan fingerprint density at radius 3 is 2.63 bits per heavy atom. The van der Waals surface area contributed by atoms with Crippen LogP contribution in [0, 0.1) is 5.92 Å². The van der Waals surface area contributed by atoms with Crippen molar-refractivity contribution in [3.05, 3.63) is 57.6 Å². The van der Waals surface area contributed by atoms with Crippen LogP contribution in [0.5, 0.6) is 5.75 Å². The van der Waals surface area contributed by atoms with Gasteiger partial charge in [0.2, 0.25) is 0 Å². The predicted molar refractivity (Wildman–Crippen MR) is 134 cm³/mol. The zero-order valence-electron chi connectivity index (χ0n) is 20.3. The van der Waals surface area contributed by atoms with E-state index in [4.69, 9.17) is 14.2 Å². The maximum Gasteiger partial charge on any atom is 0.341 e. The number of carbonyl (C=O) groups is 3. The van der Waals surface area contributed by atoms with Crippen LogP contribution in [0.15, 0.2) is 36.0 Å². The van der Waals surface area contributed by atoms with Crippen molar-refractivity contribution in [3.63, 3.8) is 0 Å². The number of aryl methyl sites for hydroxylation is 1. The summed E-state index contributed by atoms with van der Waals surface area (Å²) >= 11 is 1.55. The number of nitrogens with one attached hydrogen (secondary N) is 1. The van der Waals surface area contributed by atoms with Gasteiger partial charge in [0, 0.05) is 22.6 Å². The van der Waals surface area contributed by atoms with Crippen LogP contribution in [0.2, 0.25) is 0 Å². The van der Waals surface area contributed by atoms with Crippen LogP contribution in [0.25, 0.3) is 0 Å². The monoisotopic (exact) mass is 497 g/mol. The van der Waals surface area contributed by atoms with Gasteiger partial charge in [0.15, 0.2) is 5.78 Å². The molecular formula is C27H31NO6S. The summed E-state index contributed by atoms with van der Waals surface area (Å²) in [7, 11) is 1.58. The molecule has 1 aromatic heterocycles. The first-order chi connectivity index (χ1) is 17.0. The standard InChI is InChI=1S/C27H31NO6S/c1-4-33-26(30)23-20(16-9-8-10-18(13-16)32-3)14-17(15-21(23)29)28-25-24(27(31)34-5-2)19-11-6-7-12-22(19)35-25/h8-10,13,15,20,23,28H,4-7,11-12,14H2,1-3H3. The lowest BCUT2D eigenvalue weighted by Gasteiger charge is -2.30. The molecule has 1 N–H and O–H groups in total. The number of allylic oxidation sites excluding steroid dienone is 2. The van der Waals surface area contributed by atoms with E-state index in [2.05, 4.69) is 5.32 Å². The maximum atomic E-state index is 13.2. The molecule has 186 valence electrons. The number of hydrogen-bond acceptors (Lipinski definition) is 8. The zero-order valence-corrected chi connectivity index (χ0v) is 21.2. The second-order valence-corrected chi connectivity index (χ2v) is 9.75. The van der Waals surface area contributed by atoms with E-state index < -0.39 is 17.8 Å². The third-order valence-corrected chi connectivity index (χ3v) is 7.66. The quantitative estimate of drug-likeness (QED) is 0.403. The van der Waals surface area contributed by atoms with Crippen LogP contribution < -0.4 is 10.1 Å². The molecule has 2 aliphatic carbocycles. The Hall–Kier alpha value is -3.13. The van der Waals surface area contributed by atoms with Crippen molar-refractivity contribution in [2.75, 3.05) is 25.6 Å². The van der Waals surface area contributed by atoms with E-state index in [1.54, 1.807) is 32.3 Å². The minimum absolute atomic E-state index is 0.200. The average molecular weight is 498 g/mol. The van der Waals surface area contributed by atoms with Gasteiger partial charge in [-0.2, -0.15) is 0 Å². The first kappa shape index (κ1) is 25.0. The van der Waals surface area contributed by atoms with Crippen LogP contribution in [0.3, 0.4) is 0 Å². The molecule has 0 aliphatic heterocycles. The van der Waals surface area contributed by atoms with E-state index in [0.717, 1.165) is 36.8 Å². The third kappa shape index (κ3) is 5.27. The Labute approximate surface area is 209 Å². The van der Waals surface area contributed by atoms with Gasteiger partial charge in [-0.05, 0) is 69.2 Å². The van der Waals surface area contributed by atoms with Gasteiger partial charge >= 0.3 is 11.9 Å². The van der Waals surface area contributed by atoms with Gasteiger partial charge < -0.3 is 19.5 Å². The molecule has 0 saturated heterocycles. The van der Waals surface area contributed by atoms with Crippen LogP contribution in [0.4, 0.5) is 5.00 Å². The highest BCUT2D eigenvalue weighted by atomic mass is 32.1. The summed E-state index contributed by atoms with van der Waals surface area (Å²) in [6, 6.07) is 7.41. The lowest BCUT2D eigenvalue weighted by molar-refractivity contribution is -0.151. The SMILES string of the molecule is CCOC(=O)c1c(NC2=CC(=O)C(C(=O)OCC)C(c3cccc(OC)c3)C2)sc2c1CCCC2. The van der Waals surface area contributed by atoms with Gasteiger partial charge in [-0.25, -0.2) is 4.79 Å². The smallest absolute Gasteiger partial charge is 0.341 e. The fourth-order valence-corrected chi connectivity index (χ4v) is 6.19. The van der Waals surface area contributed by atoms with Crippen molar-refractivity contribution >= 4 is 34.1 Å². The topological polar surface area (TPSA) is 90.9 Å². The lowest BCUT2D eigenvalue weighted by Crippen LogP contribution is -2.35. The number of esters is 2. The number of ether oxygens (including phenoxy) is 3. The van der Waals surface area contributed by atoms with Crippen molar-refractivity contribution in [1.29, 1.82) is 0 Å². The molecule has 2 aliphatic rings. The van der Waals surface area contributed by atoms with E-state index in [0.29, 0.717) is 35.0 Å². The van der Waals surface area contributed by atoms with E-state index in [-0.39, 0.29) is 18.4 Å². The van der Waals surface area contributed by atoms with Gasteiger partial charge in [-0.15, -0.1) is 11.3 Å². The zero-order chi connectivity index (χ0) is 24.9. The second-order valence-electron chi connectivity index (χ2n) is 8.65. The third-order valence-electron chi connectivity index (χ3n) is 6.45. The molecule has 0 amide bonds. The summed E-state index contributed by atoms with van der Waals surface area (Å²) in [5, 5.41) is 4.07. The normalized spacial score (nSPS) is 19.4. The van der Waals surface area contributed by atoms with E-state index in [9.17, 15) is 14.4 Å². The molecule has 2 atom stereocenters. The first-order valence-electron chi connectivity index (χ1n) is 12.1. The van der Waals surface area contributed by atoms with Gasteiger partial charge in [0.05, 0.1) is 25.9 Å². The highest BCUT2D eigenvalue weighted by Crippen LogP contribution is 2.42.